The van der Waals surface area contributed by atoms with Crippen LogP contribution < -0.4 is 0 Å². The molecule has 78 valence electrons. The Hall–Kier alpha value is -1.64. The van der Waals surface area contributed by atoms with Gasteiger partial charge in [0.15, 0.2) is 0 Å². The first-order valence-corrected chi connectivity index (χ1v) is 5.14. The number of unbranched alkanes of at least 4 members (excludes halogenated alkanes) is 1. The van der Waals surface area contributed by atoms with E-state index in [4.69, 9.17) is 0 Å². The summed E-state index contributed by atoms with van der Waals surface area (Å²) in [6.07, 6.45) is 2.18. The smallest absolute Gasteiger partial charge is 0.254 e. The summed E-state index contributed by atoms with van der Waals surface area (Å²) in [5.41, 5.74) is 1.90. The van der Waals surface area contributed by atoms with E-state index in [0.717, 1.165) is 23.8 Å². The van der Waals surface area contributed by atoms with Gasteiger partial charge in [0.25, 0.3) is 5.91 Å². The minimum absolute atomic E-state index is 0.0940. The molecule has 0 saturated heterocycles. The Morgan fingerprint density at radius 2 is 2.13 bits per heavy atom. The van der Waals surface area contributed by atoms with Crippen LogP contribution in [-0.4, -0.2) is 23.6 Å². The van der Waals surface area contributed by atoms with Crippen molar-refractivity contribution in [1.82, 2.24) is 4.90 Å². The van der Waals surface area contributed by atoms with Crippen LogP contribution >= 0.6 is 0 Å². The SMILES string of the molecule is O=CCCCN1Cc2ccccc2C1=O. The Balaban J connectivity index is 2.03. The average Bonchev–Trinajstić information content (AvgIpc) is 2.57. The van der Waals surface area contributed by atoms with Crippen LogP contribution in [-0.2, 0) is 11.3 Å². The van der Waals surface area contributed by atoms with Crippen LogP contribution in [0.4, 0.5) is 0 Å². The van der Waals surface area contributed by atoms with Crippen molar-refractivity contribution in [3.8, 4) is 0 Å². The van der Waals surface area contributed by atoms with Gasteiger partial charge in [0, 0.05) is 25.1 Å². The van der Waals surface area contributed by atoms with Gasteiger partial charge in [0.1, 0.15) is 6.29 Å². The second-order valence-electron chi connectivity index (χ2n) is 3.69. The van der Waals surface area contributed by atoms with E-state index in [1.165, 1.54) is 0 Å². The summed E-state index contributed by atoms with van der Waals surface area (Å²) in [7, 11) is 0. The lowest BCUT2D eigenvalue weighted by atomic mass is 10.1. The fraction of sp³-hybridized carbons (Fsp3) is 0.333. The van der Waals surface area contributed by atoms with Gasteiger partial charge in [-0.05, 0) is 18.1 Å². The highest BCUT2D eigenvalue weighted by Crippen LogP contribution is 2.22. The first-order chi connectivity index (χ1) is 7.33. The normalized spacial score (nSPS) is 14.1. The zero-order valence-corrected chi connectivity index (χ0v) is 8.48. The van der Waals surface area contributed by atoms with Crippen molar-refractivity contribution in [2.24, 2.45) is 0 Å². The summed E-state index contributed by atoms with van der Waals surface area (Å²) < 4.78 is 0. The van der Waals surface area contributed by atoms with Crippen molar-refractivity contribution in [2.45, 2.75) is 19.4 Å². The molecular weight excluding hydrogens is 190 g/mol. The molecule has 15 heavy (non-hydrogen) atoms. The van der Waals surface area contributed by atoms with Crippen molar-refractivity contribution < 1.29 is 9.59 Å². The molecule has 1 aromatic carbocycles. The van der Waals surface area contributed by atoms with Crippen LogP contribution in [0.15, 0.2) is 24.3 Å². The molecular formula is C12H13NO2. The van der Waals surface area contributed by atoms with E-state index >= 15 is 0 Å². The van der Waals surface area contributed by atoms with E-state index in [2.05, 4.69) is 0 Å². The molecule has 2 rings (SSSR count). The lowest BCUT2D eigenvalue weighted by molar-refractivity contribution is -0.108. The van der Waals surface area contributed by atoms with Gasteiger partial charge in [-0.3, -0.25) is 4.79 Å². The Labute approximate surface area is 88.7 Å². The number of fused-ring (bicyclic) bond motifs is 1. The largest absolute Gasteiger partial charge is 0.334 e. The highest BCUT2D eigenvalue weighted by Gasteiger charge is 2.25. The second-order valence-corrected chi connectivity index (χ2v) is 3.69. The minimum atomic E-state index is 0.0940. The quantitative estimate of drug-likeness (QED) is 0.551. The lowest BCUT2D eigenvalue weighted by Crippen LogP contribution is -2.24. The van der Waals surface area contributed by atoms with Crippen LogP contribution in [0.2, 0.25) is 0 Å². The first-order valence-electron chi connectivity index (χ1n) is 5.14. The molecule has 0 saturated carbocycles. The molecule has 0 fully saturated rings. The summed E-state index contributed by atoms with van der Waals surface area (Å²) in [4.78, 5) is 23.8. The summed E-state index contributed by atoms with van der Waals surface area (Å²) in [6, 6.07) is 7.66. The van der Waals surface area contributed by atoms with Crippen LogP contribution in [0.3, 0.4) is 0 Å². The third-order valence-electron chi connectivity index (χ3n) is 2.65. The number of carbonyl (C=O) groups is 2. The molecule has 1 aliphatic rings. The van der Waals surface area contributed by atoms with Gasteiger partial charge in [-0.1, -0.05) is 18.2 Å². The molecule has 0 unspecified atom stereocenters. The van der Waals surface area contributed by atoms with Crippen molar-refractivity contribution in [3.63, 3.8) is 0 Å². The average molecular weight is 203 g/mol. The summed E-state index contributed by atoms with van der Waals surface area (Å²) in [6.45, 7) is 1.36. The van der Waals surface area contributed by atoms with Crippen molar-refractivity contribution >= 4 is 12.2 Å². The number of benzene rings is 1. The minimum Gasteiger partial charge on any atom is -0.334 e. The number of rotatable bonds is 4. The molecule has 0 aliphatic carbocycles. The Kier molecular flexibility index (Phi) is 2.81. The molecule has 0 bridgehead atoms. The maximum atomic E-state index is 11.8. The third-order valence-corrected chi connectivity index (χ3v) is 2.65. The standard InChI is InChI=1S/C12H13NO2/c14-8-4-3-7-13-9-10-5-1-2-6-11(10)12(13)15/h1-2,5-6,8H,3-4,7,9H2. The monoisotopic (exact) mass is 203 g/mol. The maximum Gasteiger partial charge on any atom is 0.254 e. The van der Waals surface area contributed by atoms with E-state index in [-0.39, 0.29) is 5.91 Å². The van der Waals surface area contributed by atoms with E-state index in [9.17, 15) is 9.59 Å². The topological polar surface area (TPSA) is 37.4 Å². The molecule has 0 aromatic heterocycles. The number of nitrogens with zero attached hydrogens (tertiary/aromatic N) is 1. The Morgan fingerprint density at radius 1 is 1.33 bits per heavy atom. The number of hydrogen-bond donors (Lipinski definition) is 0. The molecule has 1 aromatic rings. The van der Waals surface area contributed by atoms with Crippen molar-refractivity contribution in [2.75, 3.05) is 6.54 Å². The predicted octanol–water partition coefficient (Wildman–Crippen LogP) is 1.62. The Morgan fingerprint density at radius 3 is 2.87 bits per heavy atom. The molecule has 3 nitrogen and oxygen atoms in total. The maximum absolute atomic E-state index is 11.8. The second kappa shape index (κ2) is 4.26. The van der Waals surface area contributed by atoms with Crippen LogP contribution in [0.5, 0.6) is 0 Å². The fourth-order valence-corrected chi connectivity index (χ4v) is 1.86. The highest BCUT2D eigenvalue weighted by atomic mass is 16.2. The fourth-order valence-electron chi connectivity index (χ4n) is 1.86. The molecule has 0 spiro atoms. The first kappa shape index (κ1) is 9.90. The number of carbonyl (C=O) groups excluding carboxylic acids is 2. The molecule has 0 atom stereocenters. The molecule has 1 aliphatic heterocycles. The summed E-state index contributed by atoms with van der Waals surface area (Å²) in [5.74, 6) is 0.0940. The van der Waals surface area contributed by atoms with Crippen molar-refractivity contribution in [3.05, 3.63) is 35.4 Å². The lowest BCUT2D eigenvalue weighted by Gasteiger charge is -2.14. The van der Waals surface area contributed by atoms with Crippen LogP contribution in [0.1, 0.15) is 28.8 Å². The summed E-state index contributed by atoms with van der Waals surface area (Å²) in [5, 5.41) is 0. The van der Waals surface area contributed by atoms with E-state index in [1.807, 2.05) is 24.3 Å². The van der Waals surface area contributed by atoms with E-state index < -0.39 is 0 Å². The van der Waals surface area contributed by atoms with Gasteiger partial charge in [-0.2, -0.15) is 0 Å². The highest BCUT2D eigenvalue weighted by molar-refractivity contribution is 5.98. The Bertz CT molecular complexity index is 387. The van der Waals surface area contributed by atoms with E-state index in [1.54, 1.807) is 4.90 Å². The van der Waals surface area contributed by atoms with Gasteiger partial charge in [-0.25, -0.2) is 0 Å². The van der Waals surface area contributed by atoms with Gasteiger partial charge in [-0.15, -0.1) is 0 Å². The number of hydrogen-bond acceptors (Lipinski definition) is 2. The van der Waals surface area contributed by atoms with Crippen LogP contribution in [0.25, 0.3) is 0 Å². The van der Waals surface area contributed by atoms with Gasteiger partial charge in [0.05, 0.1) is 0 Å². The molecule has 3 heteroatoms. The van der Waals surface area contributed by atoms with Crippen molar-refractivity contribution in [1.29, 1.82) is 0 Å². The third kappa shape index (κ3) is 1.91. The number of amides is 1. The molecule has 1 amide bonds. The zero-order valence-electron chi connectivity index (χ0n) is 8.48. The van der Waals surface area contributed by atoms with Crippen LogP contribution in [0, 0.1) is 0 Å². The molecule has 0 N–H and O–H groups in total. The summed E-state index contributed by atoms with van der Waals surface area (Å²) >= 11 is 0. The molecule has 1 heterocycles. The number of aldehydes is 1. The zero-order chi connectivity index (χ0) is 10.7. The van der Waals surface area contributed by atoms with Gasteiger partial charge >= 0.3 is 0 Å². The molecule has 0 radical (unpaired) electrons. The van der Waals surface area contributed by atoms with Gasteiger partial charge < -0.3 is 9.69 Å². The van der Waals surface area contributed by atoms with Gasteiger partial charge in [0.2, 0.25) is 0 Å². The van der Waals surface area contributed by atoms with E-state index in [0.29, 0.717) is 19.5 Å². The predicted molar refractivity (Wildman–Crippen MR) is 56.5 cm³/mol.